The van der Waals surface area contributed by atoms with E-state index < -0.39 is 0 Å². The zero-order valence-electron chi connectivity index (χ0n) is 14.4. The molecule has 2 aromatic rings. The number of piperazine rings is 1. The lowest BCUT2D eigenvalue weighted by Gasteiger charge is -2.38. The molecular weight excluding hydrogens is 302 g/mol. The van der Waals surface area contributed by atoms with Gasteiger partial charge in [-0.1, -0.05) is 25.1 Å². The Morgan fingerprint density at radius 1 is 1.12 bits per heavy atom. The molecule has 1 unspecified atom stereocenters. The average Bonchev–Trinajstić information content (AvgIpc) is 2.63. The van der Waals surface area contributed by atoms with E-state index in [0.29, 0.717) is 6.61 Å². The SMILES string of the molecule is CCOC(=O)C(CC)N1CCN(c2ccc3ccccc3n2)CC1. The number of anilines is 1. The first-order chi connectivity index (χ1) is 11.7. The van der Waals surface area contributed by atoms with Gasteiger partial charge in [-0.2, -0.15) is 0 Å². The monoisotopic (exact) mass is 327 g/mol. The molecule has 5 heteroatoms. The van der Waals surface area contributed by atoms with Gasteiger partial charge in [0.2, 0.25) is 0 Å². The van der Waals surface area contributed by atoms with Gasteiger partial charge in [0.15, 0.2) is 0 Å². The molecule has 24 heavy (non-hydrogen) atoms. The number of pyridine rings is 1. The summed E-state index contributed by atoms with van der Waals surface area (Å²) in [6.07, 6.45) is 0.785. The second-order valence-corrected chi connectivity index (χ2v) is 6.06. The molecule has 0 amide bonds. The van der Waals surface area contributed by atoms with Crippen molar-refractivity contribution in [1.82, 2.24) is 9.88 Å². The Morgan fingerprint density at radius 3 is 2.58 bits per heavy atom. The van der Waals surface area contributed by atoms with E-state index in [2.05, 4.69) is 28.0 Å². The fourth-order valence-corrected chi connectivity index (χ4v) is 3.31. The number of carbonyl (C=O) groups is 1. The van der Waals surface area contributed by atoms with Crippen molar-refractivity contribution in [2.45, 2.75) is 26.3 Å². The van der Waals surface area contributed by atoms with Crippen molar-refractivity contribution >= 4 is 22.7 Å². The van der Waals surface area contributed by atoms with Crippen LogP contribution in [0.25, 0.3) is 10.9 Å². The number of carbonyl (C=O) groups excluding carboxylic acids is 1. The van der Waals surface area contributed by atoms with E-state index in [0.717, 1.165) is 49.3 Å². The Labute approximate surface area is 143 Å². The second kappa shape index (κ2) is 7.62. The standard InChI is InChI=1S/C19H25N3O2/c1-3-17(19(23)24-4-2)21-11-13-22(14-12-21)18-10-9-15-7-5-6-8-16(15)20-18/h5-10,17H,3-4,11-14H2,1-2H3. The summed E-state index contributed by atoms with van der Waals surface area (Å²) < 4.78 is 5.20. The Hall–Kier alpha value is -2.14. The van der Waals surface area contributed by atoms with Crippen molar-refractivity contribution < 1.29 is 9.53 Å². The van der Waals surface area contributed by atoms with Crippen molar-refractivity contribution in [2.75, 3.05) is 37.7 Å². The van der Waals surface area contributed by atoms with Gasteiger partial charge in [-0.15, -0.1) is 0 Å². The molecule has 1 saturated heterocycles. The fourth-order valence-electron chi connectivity index (χ4n) is 3.31. The van der Waals surface area contributed by atoms with E-state index in [4.69, 9.17) is 9.72 Å². The van der Waals surface area contributed by atoms with E-state index in [1.165, 1.54) is 0 Å². The van der Waals surface area contributed by atoms with Crippen molar-refractivity contribution in [3.8, 4) is 0 Å². The second-order valence-electron chi connectivity index (χ2n) is 6.06. The van der Waals surface area contributed by atoms with Crippen LogP contribution >= 0.6 is 0 Å². The van der Waals surface area contributed by atoms with Gasteiger partial charge in [-0.05, 0) is 31.5 Å². The molecule has 0 aliphatic carbocycles. The zero-order valence-corrected chi connectivity index (χ0v) is 14.4. The molecule has 0 saturated carbocycles. The molecule has 1 aliphatic rings. The molecule has 1 atom stereocenters. The van der Waals surface area contributed by atoms with Gasteiger partial charge in [0.1, 0.15) is 11.9 Å². The van der Waals surface area contributed by atoms with Gasteiger partial charge in [-0.25, -0.2) is 4.98 Å². The van der Waals surface area contributed by atoms with Crippen LogP contribution in [0.5, 0.6) is 0 Å². The summed E-state index contributed by atoms with van der Waals surface area (Å²) in [4.78, 5) is 21.4. The molecule has 1 aliphatic heterocycles. The van der Waals surface area contributed by atoms with Crippen LogP contribution in [0.4, 0.5) is 5.82 Å². The van der Waals surface area contributed by atoms with Gasteiger partial charge in [0.25, 0.3) is 0 Å². The zero-order chi connectivity index (χ0) is 16.9. The van der Waals surface area contributed by atoms with Crippen molar-refractivity contribution in [1.29, 1.82) is 0 Å². The highest BCUT2D eigenvalue weighted by Crippen LogP contribution is 2.20. The van der Waals surface area contributed by atoms with Crippen molar-refractivity contribution in [3.05, 3.63) is 36.4 Å². The average molecular weight is 327 g/mol. The molecule has 2 heterocycles. The highest BCUT2D eigenvalue weighted by Gasteiger charge is 2.29. The van der Waals surface area contributed by atoms with Crippen molar-refractivity contribution in [3.63, 3.8) is 0 Å². The summed E-state index contributed by atoms with van der Waals surface area (Å²) in [7, 11) is 0. The highest BCUT2D eigenvalue weighted by molar-refractivity contribution is 5.80. The van der Waals surface area contributed by atoms with Gasteiger partial charge in [-0.3, -0.25) is 9.69 Å². The summed E-state index contributed by atoms with van der Waals surface area (Å²) in [5.74, 6) is 0.912. The minimum atomic E-state index is -0.128. The van der Waals surface area contributed by atoms with Crippen LogP contribution in [-0.2, 0) is 9.53 Å². The predicted octanol–water partition coefficient (Wildman–Crippen LogP) is 2.70. The van der Waals surface area contributed by atoms with Crippen LogP contribution in [0.15, 0.2) is 36.4 Å². The van der Waals surface area contributed by atoms with Crippen LogP contribution in [0.1, 0.15) is 20.3 Å². The van der Waals surface area contributed by atoms with Crippen molar-refractivity contribution in [2.24, 2.45) is 0 Å². The largest absolute Gasteiger partial charge is 0.465 e. The molecule has 0 radical (unpaired) electrons. The molecule has 1 aromatic carbocycles. The first-order valence-corrected chi connectivity index (χ1v) is 8.74. The third kappa shape index (κ3) is 3.51. The van der Waals surface area contributed by atoms with E-state index in [1.807, 2.05) is 32.0 Å². The lowest BCUT2D eigenvalue weighted by molar-refractivity contribution is -0.149. The number of fused-ring (bicyclic) bond motifs is 1. The van der Waals surface area contributed by atoms with E-state index >= 15 is 0 Å². The van der Waals surface area contributed by atoms with E-state index in [-0.39, 0.29) is 12.0 Å². The number of hydrogen-bond donors (Lipinski definition) is 0. The number of nitrogens with zero attached hydrogens (tertiary/aromatic N) is 3. The minimum absolute atomic E-state index is 0.0997. The molecule has 3 rings (SSSR count). The number of aromatic nitrogens is 1. The third-order valence-corrected chi connectivity index (χ3v) is 4.61. The molecule has 1 aromatic heterocycles. The molecule has 0 bridgehead atoms. The van der Waals surface area contributed by atoms with Crippen LogP contribution in [0, 0.1) is 0 Å². The van der Waals surface area contributed by atoms with Crippen LogP contribution < -0.4 is 4.90 Å². The summed E-state index contributed by atoms with van der Waals surface area (Å²) >= 11 is 0. The van der Waals surface area contributed by atoms with E-state index in [1.54, 1.807) is 0 Å². The normalized spacial score (nSPS) is 17.0. The topological polar surface area (TPSA) is 45.7 Å². The molecule has 5 nitrogen and oxygen atoms in total. The van der Waals surface area contributed by atoms with Gasteiger partial charge >= 0.3 is 5.97 Å². The number of esters is 1. The number of para-hydroxylation sites is 1. The molecule has 0 spiro atoms. The van der Waals surface area contributed by atoms with E-state index in [9.17, 15) is 4.79 Å². The molecule has 0 N–H and O–H groups in total. The van der Waals surface area contributed by atoms with Gasteiger partial charge < -0.3 is 9.64 Å². The number of benzene rings is 1. The predicted molar refractivity (Wildman–Crippen MR) is 96.2 cm³/mol. The summed E-state index contributed by atoms with van der Waals surface area (Å²) in [6.45, 7) is 7.79. The number of hydrogen-bond acceptors (Lipinski definition) is 5. The Kier molecular flexibility index (Phi) is 5.30. The number of ether oxygens (including phenoxy) is 1. The van der Waals surface area contributed by atoms with Gasteiger partial charge in [0, 0.05) is 31.6 Å². The highest BCUT2D eigenvalue weighted by atomic mass is 16.5. The summed E-state index contributed by atoms with van der Waals surface area (Å²) in [5, 5.41) is 1.16. The van der Waals surface area contributed by atoms with Gasteiger partial charge in [0.05, 0.1) is 12.1 Å². The van der Waals surface area contributed by atoms with Crippen LogP contribution in [-0.4, -0.2) is 54.7 Å². The maximum atomic E-state index is 12.1. The Balaban J connectivity index is 1.66. The van der Waals surface area contributed by atoms with Crippen LogP contribution in [0.2, 0.25) is 0 Å². The summed E-state index contributed by atoms with van der Waals surface area (Å²) in [6, 6.07) is 12.2. The summed E-state index contributed by atoms with van der Waals surface area (Å²) in [5.41, 5.74) is 1.02. The maximum absolute atomic E-state index is 12.1. The smallest absolute Gasteiger partial charge is 0.323 e. The first-order valence-electron chi connectivity index (χ1n) is 8.74. The lowest BCUT2D eigenvalue weighted by Crippen LogP contribution is -2.53. The Bertz CT molecular complexity index is 696. The van der Waals surface area contributed by atoms with Crippen LogP contribution in [0.3, 0.4) is 0 Å². The Morgan fingerprint density at radius 2 is 1.88 bits per heavy atom. The maximum Gasteiger partial charge on any atom is 0.323 e. The fraction of sp³-hybridized carbons (Fsp3) is 0.474. The molecule has 1 fully saturated rings. The number of rotatable bonds is 5. The first kappa shape index (κ1) is 16.7. The minimum Gasteiger partial charge on any atom is -0.465 e. The molecule has 128 valence electrons. The quantitative estimate of drug-likeness (QED) is 0.790. The third-order valence-electron chi connectivity index (χ3n) is 4.61. The molecular formula is C19H25N3O2. The lowest BCUT2D eigenvalue weighted by atomic mass is 10.1.